The lowest BCUT2D eigenvalue weighted by atomic mass is 10.1. The van der Waals surface area contributed by atoms with E-state index in [2.05, 4.69) is 5.16 Å². The van der Waals surface area contributed by atoms with Crippen LogP contribution in [-0.2, 0) is 6.61 Å². The predicted molar refractivity (Wildman–Crippen MR) is 61.1 cm³/mol. The first-order valence-electron chi connectivity index (χ1n) is 5.05. The van der Waals surface area contributed by atoms with Crippen molar-refractivity contribution < 1.29 is 19.3 Å². The fourth-order valence-corrected chi connectivity index (χ4v) is 1.51. The molecule has 0 aliphatic carbocycles. The van der Waals surface area contributed by atoms with Gasteiger partial charge in [-0.25, -0.2) is 0 Å². The monoisotopic (exact) mass is 250 g/mol. The summed E-state index contributed by atoms with van der Waals surface area (Å²) in [5.74, 6) is 0.466. The fourth-order valence-electron chi connectivity index (χ4n) is 1.51. The summed E-state index contributed by atoms with van der Waals surface area (Å²) in [5.41, 5.74) is 0.972. The Morgan fingerprint density at radius 3 is 2.83 bits per heavy atom. The van der Waals surface area contributed by atoms with Crippen LogP contribution in [0.4, 0.5) is 5.69 Å². The molecule has 0 unspecified atom stereocenters. The van der Waals surface area contributed by atoms with Crippen molar-refractivity contribution in [3.05, 3.63) is 40.1 Å². The lowest BCUT2D eigenvalue weighted by Gasteiger charge is -2.02. The third-order valence-electron chi connectivity index (χ3n) is 2.39. The molecule has 0 radical (unpaired) electrons. The van der Waals surface area contributed by atoms with Crippen molar-refractivity contribution in [3.63, 3.8) is 0 Å². The average molecular weight is 250 g/mol. The quantitative estimate of drug-likeness (QED) is 0.655. The fraction of sp³-hybridized carbons (Fsp3) is 0.182. The zero-order chi connectivity index (χ0) is 13.1. The molecule has 0 spiro atoms. The van der Waals surface area contributed by atoms with Crippen molar-refractivity contribution >= 4 is 5.69 Å². The van der Waals surface area contributed by atoms with E-state index in [9.17, 15) is 10.1 Å². The van der Waals surface area contributed by atoms with Crippen LogP contribution in [0.25, 0.3) is 11.3 Å². The predicted octanol–water partition coefficient (Wildman–Crippen LogP) is 1.75. The van der Waals surface area contributed by atoms with E-state index in [0.717, 1.165) is 0 Å². The molecule has 0 atom stereocenters. The van der Waals surface area contributed by atoms with Crippen molar-refractivity contribution in [2.75, 3.05) is 7.11 Å². The molecule has 2 aromatic rings. The summed E-state index contributed by atoms with van der Waals surface area (Å²) in [6, 6.07) is 5.93. The van der Waals surface area contributed by atoms with Crippen LogP contribution < -0.4 is 4.74 Å². The van der Waals surface area contributed by atoms with Crippen molar-refractivity contribution in [1.82, 2.24) is 5.16 Å². The molecule has 1 aromatic carbocycles. The molecular weight excluding hydrogens is 240 g/mol. The molecule has 2 rings (SSSR count). The molecule has 0 aliphatic rings. The number of nitro benzene ring substituents is 1. The molecule has 1 N–H and O–H groups in total. The summed E-state index contributed by atoms with van der Waals surface area (Å²) in [4.78, 5) is 10.2. The van der Waals surface area contributed by atoms with E-state index in [1.54, 1.807) is 12.1 Å². The van der Waals surface area contributed by atoms with Gasteiger partial charge < -0.3 is 14.4 Å². The molecule has 0 saturated heterocycles. The third kappa shape index (κ3) is 2.16. The maximum atomic E-state index is 10.7. The molecule has 7 heteroatoms. The van der Waals surface area contributed by atoms with E-state index in [1.807, 2.05) is 0 Å². The van der Waals surface area contributed by atoms with Gasteiger partial charge in [-0.3, -0.25) is 10.1 Å². The number of hydrogen-bond donors (Lipinski definition) is 1. The highest BCUT2D eigenvalue weighted by Crippen LogP contribution is 2.31. The molecule has 1 aromatic heterocycles. The summed E-state index contributed by atoms with van der Waals surface area (Å²) < 4.78 is 9.80. The number of methoxy groups -OCH3 is 1. The largest absolute Gasteiger partial charge is 0.490 e. The number of aliphatic hydroxyl groups is 1. The summed E-state index contributed by atoms with van der Waals surface area (Å²) in [6.45, 7) is -0.253. The van der Waals surface area contributed by atoms with E-state index < -0.39 is 4.92 Å². The van der Waals surface area contributed by atoms with Gasteiger partial charge in [-0.2, -0.15) is 0 Å². The molecule has 0 bridgehead atoms. The van der Waals surface area contributed by atoms with Crippen molar-refractivity contribution in [1.29, 1.82) is 0 Å². The van der Waals surface area contributed by atoms with E-state index in [1.165, 1.54) is 19.2 Å². The van der Waals surface area contributed by atoms with Gasteiger partial charge in [-0.1, -0.05) is 5.16 Å². The summed E-state index contributed by atoms with van der Waals surface area (Å²) in [7, 11) is 1.36. The zero-order valence-corrected chi connectivity index (χ0v) is 9.49. The first kappa shape index (κ1) is 12.1. The first-order valence-corrected chi connectivity index (χ1v) is 5.05. The van der Waals surface area contributed by atoms with Gasteiger partial charge in [0.1, 0.15) is 12.3 Å². The van der Waals surface area contributed by atoms with E-state index in [4.69, 9.17) is 14.4 Å². The molecule has 0 aliphatic heterocycles. The molecule has 7 nitrogen and oxygen atoms in total. The highest BCUT2D eigenvalue weighted by molar-refractivity contribution is 5.65. The van der Waals surface area contributed by atoms with Gasteiger partial charge in [-0.05, 0) is 12.1 Å². The van der Waals surface area contributed by atoms with Crippen molar-refractivity contribution in [2.24, 2.45) is 0 Å². The number of aliphatic hydroxyl groups excluding tert-OH is 1. The average Bonchev–Trinajstić information content (AvgIpc) is 2.86. The molecule has 0 saturated carbocycles. The number of rotatable bonds is 4. The molecule has 94 valence electrons. The van der Waals surface area contributed by atoms with Gasteiger partial charge in [0.15, 0.2) is 11.5 Å². The Hall–Kier alpha value is -2.41. The molecular formula is C11H10N2O5. The summed E-state index contributed by atoms with van der Waals surface area (Å²) in [5, 5.41) is 23.4. The van der Waals surface area contributed by atoms with Crippen molar-refractivity contribution in [2.45, 2.75) is 6.61 Å². The Morgan fingerprint density at radius 2 is 2.28 bits per heavy atom. The lowest BCUT2D eigenvalue weighted by molar-refractivity contribution is -0.385. The molecule has 18 heavy (non-hydrogen) atoms. The number of nitrogens with zero attached hydrogens (tertiary/aromatic N) is 2. The number of benzene rings is 1. The smallest absolute Gasteiger partial charge is 0.310 e. The minimum absolute atomic E-state index is 0.118. The highest BCUT2D eigenvalue weighted by atomic mass is 16.6. The number of nitro groups is 1. The Balaban J connectivity index is 2.43. The van der Waals surface area contributed by atoms with Gasteiger partial charge in [0, 0.05) is 17.7 Å². The van der Waals surface area contributed by atoms with E-state index >= 15 is 0 Å². The SMILES string of the molecule is COc1cc(-c2cc(CO)on2)ccc1[N+](=O)[O-]. The maximum Gasteiger partial charge on any atom is 0.310 e. The topological polar surface area (TPSA) is 98.6 Å². The van der Waals surface area contributed by atoms with Crippen molar-refractivity contribution in [3.8, 4) is 17.0 Å². The Morgan fingerprint density at radius 1 is 1.50 bits per heavy atom. The molecule has 0 fully saturated rings. The lowest BCUT2D eigenvalue weighted by Crippen LogP contribution is -1.93. The summed E-state index contributed by atoms with van der Waals surface area (Å²) >= 11 is 0. The Bertz CT molecular complexity index is 579. The van der Waals surface area contributed by atoms with Crippen LogP contribution in [0.3, 0.4) is 0 Å². The summed E-state index contributed by atoms with van der Waals surface area (Å²) in [6.07, 6.45) is 0. The standard InChI is InChI=1S/C11H10N2O5/c1-17-11-4-7(2-3-10(11)13(15)16)9-5-8(6-14)18-12-9/h2-5,14H,6H2,1H3. The minimum Gasteiger partial charge on any atom is -0.490 e. The normalized spacial score (nSPS) is 10.3. The Kier molecular flexibility index (Phi) is 3.24. The van der Waals surface area contributed by atoms with Gasteiger partial charge in [0.05, 0.1) is 12.0 Å². The Labute approximate surface area is 102 Å². The minimum atomic E-state index is -0.523. The van der Waals surface area contributed by atoms with Crippen LogP contribution in [0.5, 0.6) is 5.75 Å². The van der Waals surface area contributed by atoms with Crippen LogP contribution in [0, 0.1) is 10.1 Å². The van der Waals surface area contributed by atoms with E-state index in [0.29, 0.717) is 17.0 Å². The molecule has 0 amide bonds. The third-order valence-corrected chi connectivity index (χ3v) is 2.39. The second kappa shape index (κ2) is 4.84. The van der Waals surface area contributed by atoms with Gasteiger partial charge >= 0.3 is 5.69 Å². The second-order valence-corrected chi connectivity index (χ2v) is 3.48. The maximum absolute atomic E-state index is 10.7. The van der Waals surface area contributed by atoms with Crippen LogP contribution in [0.15, 0.2) is 28.8 Å². The number of hydrogen-bond acceptors (Lipinski definition) is 6. The van der Waals surface area contributed by atoms with Gasteiger partial charge in [-0.15, -0.1) is 0 Å². The second-order valence-electron chi connectivity index (χ2n) is 3.48. The molecule has 1 heterocycles. The van der Waals surface area contributed by atoms with Crippen LogP contribution in [-0.4, -0.2) is 22.3 Å². The van der Waals surface area contributed by atoms with Crippen LogP contribution in [0.1, 0.15) is 5.76 Å². The van der Waals surface area contributed by atoms with E-state index in [-0.39, 0.29) is 18.0 Å². The highest BCUT2D eigenvalue weighted by Gasteiger charge is 2.16. The number of ether oxygens (including phenoxy) is 1. The van der Waals surface area contributed by atoms with Crippen LogP contribution in [0.2, 0.25) is 0 Å². The van der Waals surface area contributed by atoms with Gasteiger partial charge in [0.2, 0.25) is 0 Å². The first-order chi connectivity index (χ1) is 8.65. The number of aromatic nitrogens is 1. The van der Waals surface area contributed by atoms with Crippen LogP contribution >= 0.6 is 0 Å². The zero-order valence-electron chi connectivity index (χ0n) is 9.49. The van der Waals surface area contributed by atoms with Gasteiger partial charge in [0.25, 0.3) is 0 Å².